The standard InChI is InChI=1S/C31H31NO/c1-18-15-21(17-20-9-7-8-10-22(18)20)27-28-23(11-14-32-27)25-19(2)16-24-26(29(25)33-28)31(5,6)13-12-30(24,3)4/h7-11,14-17H,12-13H2,1-6H3. The van der Waals surface area contributed by atoms with Crippen molar-refractivity contribution in [2.75, 3.05) is 0 Å². The molecule has 1 aliphatic carbocycles. The normalized spacial score (nSPS) is 17.0. The molecule has 2 heterocycles. The highest BCUT2D eigenvalue weighted by Crippen LogP contribution is 2.51. The molecule has 2 nitrogen and oxygen atoms in total. The van der Waals surface area contributed by atoms with Crippen LogP contribution in [-0.2, 0) is 10.8 Å². The summed E-state index contributed by atoms with van der Waals surface area (Å²) in [6, 6.07) is 17.6. The average molecular weight is 434 g/mol. The summed E-state index contributed by atoms with van der Waals surface area (Å²) in [4.78, 5) is 4.83. The zero-order valence-corrected chi connectivity index (χ0v) is 20.5. The molecule has 33 heavy (non-hydrogen) atoms. The van der Waals surface area contributed by atoms with Crippen molar-refractivity contribution in [3.05, 3.63) is 77.0 Å². The van der Waals surface area contributed by atoms with Crippen LogP contribution in [0.2, 0.25) is 0 Å². The second kappa shape index (κ2) is 6.70. The zero-order valence-electron chi connectivity index (χ0n) is 20.5. The number of aromatic nitrogens is 1. The third-order valence-corrected chi connectivity index (χ3v) is 7.98. The predicted molar refractivity (Wildman–Crippen MR) is 139 cm³/mol. The van der Waals surface area contributed by atoms with Crippen LogP contribution in [0.4, 0.5) is 0 Å². The first-order valence-electron chi connectivity index (χ1n) is 12.0. The van der Waals surface area contributed by atoms with E-state index in [2.05, 4.69) is 90.1 Å². The maximum Gasteiger partial charge on any atom is 0.161 e. The van der Waals surface area contributed by atoms with Crippen molar-refractivity contribution in [1.29, 1.82) is 0 Å². The number of hydrogen-bond donors (Lipinski definition) is 0. The van der Waals surface area contributed by atoms with Crippen LogP contribution in [-0.4, -0.2) is 4.98 Å². The minimum atomic E-state index is 0.0812. The van der Waals surface area contributed by atoms with E-state index >= 15 is 0 Å². The third kappa shape index (κ3) is 2.89. The molecule has 0 N–H and O–H groups in total. The van der Waals surface area contributed by atoms with Gasteiger partial charge >= 0.3 is 0 Å². The Labute approximate surface area is 195 Å². The molecule has 0 unspecified atom stereocenters. The second-order valence-corrected chi connectivity index (χ2v) is 11.2. The summed E-state index contributed by atoms with van der Waals surface area (Å²) in [5, 5.41) is 4.93. The Hall–Kier alpha value is -3.13. The SMILES string of the molecule is Cc1cc(-c2nccc3c2oc2c4c(cc(C)c23)C(C)(C)CCC4(C)C)cc2ccccc12. The van der Waals surface area contributed by atoms with Gasteiger partial charge in [-0.1, -0.05) is 58.0 Å². The number of pyridine rings is 1. The van der Waals surface area contributed by atoms with E-state index in [0.29, 0.717) is 0 Å². The third-order valence-electron chi connectivity index (χ3n) is 7.98. The lowest BCUT2D eigenvalue weighted by Crippen LogP contribution is -2.34. The smallest absolute Gasteiger partial charge is 0.161 e. The van der Waals surface area contributed by atoms with Crippen LogP contribution >= 0.6 is 0 Å². The molecule has 0 saturated heterocycles. The Morgan fingerprint density at radius 2 is 1.55 bits per heavy atom. The molecule has 2 heteroatoms. The molecule has 0 fully saturated rings. The van der Waals surface area contributed by atoms with E-state index in [-0.39, 0.29) is 10.8 Å². The van der Waals surface area contributed by atoms with E-state index in [9.17, 15) is 0 Å². The molecule has 1 aliphatic rings. The van der Waals surface area contributed by atoms with Crippen LogP contribution in [0.1, 0.15) is 62.8 Å². The number of nitrogens with zero attached hydrogens (tertiary/aromatic N) is 1. The average Bonchev–Trinajstić information content (AvgIpc) is 3.17. The van der Waals surface area contributed by atoms with Gasteiger partial charge in [-0.2, -0.15) is 0 Å². The highest BCUT2D eigenvalue weighted by molar-refractivity contribution is 6.12. The predicted octanol–water partition coefficient (Wildman–Crippen LogP) is 8.77. The largest absolute Gasteiger partial charge is 0.453 e. The van der Waals surface area contributed by atoms with Crippen molar-refractivity contribution in [2.45, 2.75) is 65.2 Å². The van der Waals surface area contributed by atoms with Crippen molar-refractivity contribution in [2.24, 2.45) is 0 Å². The minimum absolute atomic E-state index is 0.0812. The molecule has 0 spiro atoms. The number of hydrogen-bond acceptors (Lipinski definition) is 2. The van der Waals surface area contributed by atoms with Crippen LogP contribution in [0, 0.1) is 13.8 Å². The lowest BCUT2D eigenvalue weighted by molar-refractivity contribution is 0.331. The molecule has 5 aromatic rings. The quantitative estimate of drug-likeness (QED) is 0.264. The lowest BCUT2D eigenvalue weighted by Gasteiger charge is -2.41. The Balaban J connectivity index is 1.71. The van der Waals surface area contributed by atoms with Crippen molar-refractivity contribution in [1.82, 2.24) is 4.98 Å². The van der Waals surface area contributed by atoms with Gasteiger partial charge in [0, 0.05) is 28.1 Å². The monoisotopic (exact) mass is 433 g/mol. The number of aryl methyl sites for hydroxylation is 2. The first kappa shape index (κ1) is 20.5. The van der Waals surface area contributed by atoms with E-state index in [4.69, 9.17) is 9.40 Å². The van der Waals surface area contributed by atoms with E-state index < -0.39 is 0 Å². The van der Waals surface area contributed by atoms with Gasteiger partial charge in [0.1, 0.15) is 11.3 Å². The van der Waals surface area contributed by atoms with Gasteiger partial charge in [-0.3, -0.25) is 4.98 Å². The number of fused-ring (bicyclic) bond motifs is 6. The summed E-state index contributed by atoms with van der Waals surface area (Å²) in [6.45, 7) is 13.9. The summed E-state index contributed by atoms with van der Waals surface area (Å²) < 4.78 is 6.84. The maximum atomic E-state index is 6.84. The van der Waals surface area contributed by atoms with Crippen LogP contribution < -0.4 is 0 Å². The van der Waals surface area contributed by atoms with Gasteiger partial charge in [0.05, 0.1) is 0 Å². The van der Waals surface area contributed by atoms with Crippen molar-refractivity contribution < 1.29 is 4.42 Å². The molecule has 3 aromatic carbocycles. The number of benzene rings is 3. The summed E-state index contributed by atoms with van der Waals surface area (Å²) in [7, 11) is 0. The molecule has 0 aliphatic heterocycles. The minimum Gasteiger partial charge on any atom is -0.453 e. The number of rotatable bonds is 1. The highest BCUT2D eigenvalue weighted by atomic mass is 16.3. The van der Waals surface area contributed by atoms with Gasteiger partial charge in [0.15, 0.2) is 5.58 Å². The zero-order chi connectivity index (χ0) is 23.1. The lowest BCUT2D eigenvalue weighted by atomic mass is 9.62. The van der Waals surface area contributed by atoms with E-state index in [0.717, 1.165) is 28.8 Å². The topological polar surface area (TPSA) is 26.0 Å². The Morgan fingerprint density at radius 1 is 0.788 bits per heavy atom. The van der Waals surface area contributed by atoms with Crippen molar-refractivity contribution >= 4 is 32.7 Å². The van der Waals surface area contributed by atoms with Crippen LogP contribution in [0.5, 0.6) is 0 Å². The second-order valence-electron chi connectivity index (χ2n) is 11.2. The van der Waals surface area contributed by atoms with Crippen LogP contribution in [0.15, 0.2) is 59.1 Å². The molecule has 0 amide bonds. The molecule has 0 saturated carbocycles. The van der Waals surface area contributed by atoms with Gasteiger partial charge in [-0.05, 0) is 83.2 Å². The Kier molecular flexibility index (Phi) is 4.15. The van der Waals surface area contributed by atoms with Gasteiger partial charge in [-0.15, -0.1) is 0 Å². The fourth-order valence-electron chi connectivity index (χ4n) is 6.01. The molecular formula is C31H31NO. The van der Waals surface area contributed by atoms with Crippen LogP contribution in [0.25, 0.3) is 44.0 Å². The fraction of sp³-hybridized carbons (Fsp3) is 0.323. The first-order valence-corrected chi connectivity index (χ1v) is 12.0. The summed E-state index contributed by atoms with van der Waals surface area (Å²) in [6.07, 6.45) is 4.30. The molecule has 166 valence electrons. The molecule has 6 rings (SSSR count). The van der Waals surface area contributed by atoms with E-state index in [1.165, 1.54) is 50.2 Å². The molecule has 2 aromatic heterocycles. The first-order chi connectivity index (χ1) is 15.7. The Bertz CT molecular complexity index is 1580. The van der Waals surface area contributed by atoms with Crippen LogP contribution in [0.3, 0.4) is 0 Å². The van der Waals surface area contributed by atoms with E-state index in [1.54, 1.807) is 0 Å². The molecule has 0 radical (unpaired) electrons. The van der Waals surface area contributed by atoms with Gasteiger partial charge in [0.2, 0.25) is 0 Å². The van der Waals surface area contributed by atoms with Gasteiger partial charge in [-0.25, -0.2) is 0 Å². The van der Waals surface area contributed by atoms with Crippen molar-refractivity contribution in [3.63, 3.8) is 0 Å². The molecular weight excluding hydrogens is 402 g/mol. The van der Waals surface area contributed by atoms with E-state index in [1.807, 2.05) is 6.20 Å². The summed E-state index contributed by atoms with van der Waals surface area (Å²) >= 11 is 0. The maximum absolute atomic E-state index is 6.84. The van der Waals surface area contributed by atoms with Gasteiger partial charge < -0.3 is 4.42 Å². The molecule has 0 atom stereocenters. The summed E-state index contributed by atoms with van der Waals surface area (Å²) in [5.74, 6) is 0. The van der Waals surface area contributed by atoms with Crippen molar-refractivity contribution in [3.8, 4) is 11.3 Å². The fourth-order valence-corrected chi connectivity index (χ4v) is 6.01. The highest BCUT2D eigenvalue weighted by Gasteiger charge is 2.40. The number of furan rings is 1. The Morgan fingerprint density at radius 3 is 2.36 bits per heavy atom. The van der Waals surface area contributed by atoms with Gasteiger partial charge in [0.25, 0.3) is 0 Å². The molecule has 0 bridgehead atoms. The summed E-state index contributed by atoms with van der Waals surface area (Å²) in [5.41, 5.74) is 9.62.